The molecule has 0 aromatic heterocycles. The second kappa shape index (κ2) is 6.37. The van der Waals surface area contributed by atoms with Gasteiger partial charge in [-0.25, -0.2) is 4.79 Å². The molecule has 0 aliphatic heterocycles. The standard InChI is InChI=1S/C11H16BrN3O/c1-2-3-6-14-11(16)15-10-5-4-8(13)7-9(10)12/h4-5,7H,2-3,6,13H2,1H3,(H2,14,15,16). The minimum Gasteiger partial charge on any atom is -0.399 e. The van der Waals surface area contributed by atoms with E-state index < -0.39 is 0 Å². The summed E-state index contributed by atoms with van der Waals surface area (Å²) >= 11 is 3.33. The number of nitrogens with one attached hydrogen (secondary N) is 2. The van der Waals surface area contributed by atoms with Crippen LogP contribution in [0.25, 0.3) is 0 Å². The Morgan fingerprint density at radius 3 is 2.88 bits per heavy atom. The highest BCUT2D eigenvalue weighted by Gasteiger charge is 2.04. The fourth-order valence-electron chi connectivity index (χ4n) is 1.18. The Morgan fingerprint density at radius 2 is 2.25 bits per heavy atom. The Bertz CT molecular complexity index is 368. The third kappa shape index (κ3) is 4.10. The monoisotopic (exact) mass is 285 g/mol. The van der Waals surface area contributed by atoms with Crippen LogP contribution < -0.4 is 16.4 Å². The highest BCUT2D eigenvalue weighted by molar-refractivity contribution is 9.10. The van der Waals surface area contributed by atoms with E-state index in [2.05, 4.69) is 33.5 Å². The van der Waals surface area contributed by atoms with Crippen molar-refractivity contribution in [3.63, 3.8) is 0 Å². The van der Waals surface area contributed by atoms with Crippen LogP contribution in [0, 0.1) is 0 Å². The number of hydrogen-bond donors (Lipinski definition) is 3. The third-order valence-electron chi connectivity index (χ3n) is 2.06. The quantitative estimate of drug-likeness (QED) is 0.588. The van der Waals surface area contributed by atoms with E-state index in [4.69, 9.17) is 5.73 Å². The lowest BCUT2D eigenvalue weighted by atomic mass is 10.3. The SMILES string of the molecule is CCCCNC(=O)Nc1ccc(N)cc1Br. The van der Waals surface area contributed by atoms with Gasteiger partial charge in [-0.3, -0.25) is 0 Å². The molecule has 4 N–H and O–H groups in total. The number of halogens is 1. The molecule has 0 atom stereocenters. The summed E-state index contributed by atoms with van der Waals surface area (Å²) in [6.45, 7) is 2.77. The summed E-state index contributed by atoms with van der Waals surface area (Å²) in [4.78, 5) is 11.5. The third-order valence-corrected chi connectivity index (χ3v) is 2.71. The van der Waals surface area contributed by atoms with Gasteiger partial charge in [0.15, 0.2) is 0 Å². The van der Waals surface area contributed by atoms with Crippen LogP contribution in [0.5, 0.6) is 0 Å². The second-order valence-corrected chi connectivity index (χ2v) is 4.33. The molecule has 0 spiro atoms. The molecule has 0 radical (unpaired) electrons. The van der Waals surface area contributed by atoms with Crippen molar-refractivity contribution in [1.29, 1.82) is 0 Å². The van der Waals surface area contributed by atoms with Crippen molar-refractivity contribution in [1.82, 2.24) is 5.32 Å². The molecule has 0 unspecified atom stereocenters. The fraction of sp³-hybridized carbons (Fsp3) is 0.364. The van der Waals surface area contributed by atoms with Gasteiger partial charge in [0.25, 0.3) is 0 Å². The van der Waals surface area contributed by atoms with Gasteiger partial charge in [0.1, 0.15) is 0 Å². The first-order chi connectivity index (χ1) is 7.63. The Kier molecular flexibility index (Phi) is 5.11. The molecule has 16 heavy (non-hydrogen) atoms. The number of urea groups is 1. The first kappa shape index (κ1) is 12.8. The maximum absolute atomic E-state index is 11.5. The lowest BCUT2D eigenvalue weighted by Crippen LogP contribution is -2.29. The van der Waals surface area contributed by atoms with E-state index in [1.54, 1.807) is 18.2 Å². The van der Waals surface area contributed by atoms with Crippen LogP contribution in [0.3, 0.4) is 0 Å². The van der Waals surface area contributed by atoms with Gasteiger partial charge in [0, 0.05) is 16.7 Å². The summed E-state index contributed by atoms with van der Waals surface area (Å²) in [5.41, 5.74) is 6.97. The van der Waals surface area contributed by atoms with Crippen molar-refractivity contribution in [3.05, 3.63) is 22.7 Å². The summed E-state index contributed by atoms with van der Waals surface area (Å²) in [7, 11) is 0. The predicted octanol–water partition coefficient (Wildman–Crippen LogP) is 2.95. The number of anilines is 2. The summed E-state index contributed by atoms with van der Waals surface area (Å²) in [6, 6.07) is 5.06. The number of hydrogen-bond acceptors (Lipinski definition) is 2. The average Bonchev–Trinajstić information content (AvgIpc) is 2.23. The molecule has 1 aromatic carbocycles. The summed E-state index contributed by atoms with van der Waals surface area (Å²) in [6.07, 6.45) is 2.04. The highest BCUT2D eigenvalue weighted by atomic mass is 79.9. The van der Waals surface area contributed by atoms with Gasteiger partial charge in [0.2, 0.25) is 0 Å². The molecule has 4 nitrogen and oxygen atoms in total. The zero-order valence-electron chi connectivity index (χ0n) is 9.22. The molecule has 1 rings (SSSR count). The molecule has 0 saturated carbocycles. The molecule has 88 valence electrons. The van der Waals surface area contributed by atoms with Gasteiger partial charge in [-0.15, -0.1) is 0 Å². The zero-order chi connectivity index (χ0) is 12.0. The van der Waals surface area contributed by atoms with Crippen LogP contribution in [0.1, 0.15) is 19.8 Å². The number of unbranched alkanes of at least 4 members (excludes halogenated alkanes) is 1. The number of carbonyl (C=O) groups is 1. The van der Waals surface area contributed by atoms with Crippen LogP contribution >= 0.6 is 15.9 Å². The molecule has 0 saturated heterocycles. The highest BCUT2D eigenvalue weighted by Crippen LogP contribution is 2.24. The molecule has 0 bridgehead atoms. The number of nitrogens with two attached hydrogens (primary N) is 1. The zero-order valence-corrected chi connectivity index (χ0v) is 10.8. The van der Waals surface area contributed by atoms with Crippen LogP contribution in [0.15, 0.2) is 22.7 Å². The number of rotatable bonds is 4. The normalized spacial score (nSPS) is 9.88. The van der Waals surface area contributed by atoms with Crippen LogP contribution in [0.2, 0.25) is 0 Å². The topological polar surface area (TPSA) is 67.2 Å². The smallest absolute Gasteiger partial charge is 0.319 e. The molecule has 0 heterocycles. The van der Waals surface area contributed by atoms with Crippen LogP contribution in [0.4, 0.5) is 16.2 Å². The van der Waals surface area contributed by atoms with Gasteiger partial charge in [-0.05, 0) is 40.5 Å². The molecule has 1 aromatic rings. The minimum absolute atomic E-state index is 0.195. The Labute approximate surface area is 104 Å². The van der Waals surface area contributed by atoms with E-state index in [-0.39, 0.29) is 6.03 Å². The minimum atomic E-state index is -0.195. The lowest BCUT2D eigenvalue weighted by molar-refractivity contribution is 0.252. The molecule has 0 aliphatic carbocycles. The molecule has 0 fully saturated rings. The van der Waals surface area contributed by atoms with E-state index in [1.807, 2.05) is 0 Å². The van der Waals surface area contributed by atoms with Crippen molar-refractivity contribution in [2.24, 2.45) is 0 Å². The van der Waals surface area contributed by atoms with E-state index in [1.165, 1.54) is 0 Å². The van der Waals surface area contributed by atoms with E-state index in [9.17, 15) is 4.79 Å². The molecule has 2 amide bonds. The van der Waals surface area contributed by atoms with Crippen LogP contribution in [-0.4, -0.2) is 12.6 Å². The molecular weight excluding hydrogens is 270 g/mol. The van der Waals surface area contributed by atoms with Gasteiger partial charge >= 0.3 is 6.03 Å². The molecule has 0 aliphatic rings. The largest absolute Gasteiger partial charge is 0.399 e. The Hall–Kier alpha value is -1.23. The molecular formula is C11H16BrN3O. The summed E-state index contributed by atoms with van der Waals surface area (Å²) in [5.74, 6) is 0. The first-order valence-corrected chi connectivity index (χ1v) is 6.02. The van der Waals surface area contributed by atoms with E-state index in [0.29, 0.717) is 17.9 Å². The van der Waals surface area contributed by atoms with Gasteiger partial charge in [-0.1, -0.05) is 13.3 Å². The average molecular weight is 286 g/mol. The van der Waals surface area contributed by atoms with Gasteiger partial charge in [-0.2, -0.15) is 0 Å². The number of carbonyl (C=O) groups excluding carboxylic acids is 1. The van der Waals surface area contributed by atoms with Crippen LogP contribution in [-0.2, 0) is 0 Å². The van der Waals surface area contributed by atoms with Crippen molar-refractivity contribution < 1.29 is 4.79 Å². The Balaban J connectivity index is 2.49. The maximum atomic E-state index is 11.5. The fourth-order valence-corrected chi connectivity index (χ4v) is 1.67. The van der Waals surface area contributed by atoms with E-state index >= 15 is 0 Å². The van der Waals surface area contributed by atoms with Crippen molar-refractivity contribution in [2.45, 2.75) is 19.8 Å². The first-order valence-electron chi connectivity index (χ1n) is 5.23. The second-order valence-electron chi connectivity index (χ2n) is 3.47. The van der Waals surface area contributed by atoms with Crippen molar-refractivity contribution in [2.75, 3.05) is 17.6 Å². The Morgan fingerprint density at radius 1 is 1.50 bits per heavy atom. The maximum Gasteiger partial charge on any atom is 0.319 e. The van der Waals surface area contributed by atoms with Gasteiger partial charge in [0.05, 0.1) is 5.69 Å². The number of nitrogen functional groups attached to an aromatic ring is 1. The van der Waals surface area contributed by atoms with Gasteiger partial charge < -0.3 is 16.4 Å². The molecule has 5 heteroatoms. The summed E-state index contributed by atoms with van der Waals surface area (Å²) in [5, 5.41) is 5.52. The van der Waals surface area contributed by atoms with E-state index in [0.717, 1.165) is 17.3 Å². The van der Waals surface area contributed by atoms with Crippen molar-refractivity contribution >= 4 is 33.3 Å². The van der Waals surface area contributed by atoms with Crippen molar-refractivity contribution in [3.8, 4) is 0 Å². The lowest BCUT2D eigenvalue weighted by Gasteiger charge is -2.09. The number of benzene rings is 1. The predicted molar refractivity (Wildman–Crippen MR) is 70.5 cm³/mol. The summed E-state index contributed by atoms with van der Waals surface area (Å²) < 4.78 is 0.776. The number of amides is 2.